The van der Waals surface area contributed by atoms with E-state index in [1.165, 1.54) is 6.21 Å². The summed E-state index contributed by atoms with van der Waals surface area (Å²) in [6.45, 7) is 6.41. The van der Waals surface area contributed by atoms with Gasteiger partial charge in [-0.2, -0.15) is 0 Å². The molecule has 0 aliphatic carbocycles. The molecule has 0 aliphatic rings. The molecule has 0 atom stereocenters. The van der Waals surface area contributed by atoms with E-state index in [9.17, 15) is 0 Å². The van der Waals surface area contributed by atoms with Crippen LogP contribution in [0.2, 0.25) is 0 Å². The van der Waals surface area contributed by atoms with Gasteiger partial charge >= 0.3 is 0 Å². The van der Waals surface area contributed by atoms with E-state index in [1.54, 1.807) is 0 Å². The quantitative estimate of drug-likeness (QED) is 0.643. The molecule has 0 amide bonds. The molecule has 0 aliphatic heterocycles. The topological polar surface area (TPSA) is 47.9 Å². The van der Waals surface area contributed by atoms with Gasteiger partial charge in [-0.3, -0.25) is 0 Å². The van der Waals surface area contributed by atoms with Gasteiger partial charge in [-0.25, -0.2) is 0 Å². The Balaban J connectivity index is 2.95. The highest BCUT2D eigenvalue weighted by molar-refractivity contribution is 5.87. The highest BCUT2D eigenvalue weighted by atomic mass is 14.9. The van der Waals surface area contributed by atoms with Crippen molar-refractivity contribution in [2.45, 2.75) is 13.5 Å². The molecule has 1 rings (SSSR count). The van der Waals surface area contributed by atoms with E-state index in [2.05, 4.69) is 17.2 Å². The number of nitrogens with one attached hydrogen (secondary N) is 3. The van der Waals surface area contributed by atoms with Crippen molar-refractivity contribution in [1.29, 1.82) is 5.41 Å². The molecule has 3 heteroatoms. The Labute approximate surface area is 90.7 Å². The molecule has 0 unspecified atom stereocenters. The van der Waals surface area contributed by atoms with Gasteiger partial charge in [0.2, 0.25) is 0 Å². The highest BCUT2D eigenvalue weighted by Crippen LogP contribution is 2.17. The third-order valence-electron chi connectivity index (χ3n) is 2.19. The van der Waals surface area contributed by atoms with Crippen LogP contribution in [0.1, 0.15) is 18.1 Å². The van der Waals surface area contributed by atoms with Crippen LogP contribution in [0, 0.1) is 5.41 Å². The summed E-state index contributed by atoms with van der Waals surface area (Å²) in [4.78, 5) is 0. The fourth-order valence-electron chi connectivity index (χ4n) is 1.40. The number of hydrogen-bond donors (Lipinski definition) is 3. The molecule has 0 aromatic heterocycles. The molecular formula is C12H17N3. The van der Waals surface area contributed by atoms with E-state index in [-0.39, 0.29) is 0 Å². The Morgan fingerprint density at radius 1 is 1.53 bits per heavy atom. The van der Waals surface area contributed by atoms with Gasteiger partial charge in [0.15, 0.2) is 0 Å². The minimum Gasteiger partial charge on any atom is -0.388 e. The molecule has 0 saturated carbocycles. The largest absolute Gasteiger partial charge is 0.388 e. The average molecular weight is 203 g/mol. The Hall–Kier alpha value is -1.77. The number of hydrogen-bond acceptors (Lipinski definition) is 3. The lowest BCUT2D eigenvalue weighted by Crippen LogP contribution is -2.12. The van der Waals surface area contributed by atoms with Crippen molar-refractivity contribution in [3.63, 3.8) is 0 Å². The van der Waals surface area contributed by atoms with Crippen molar-refractivity contribution < 1.29 is 0 Å². The van der Waals surface area contributed by atoms with Gasteiger partial charge in [-0.1, -0.05) is 18.7 Å². The first-order valence-corrected chi connectivity index (χ1v) is 4.88. The first kappa shape index (κ1) is 11.3. The molecule has 0 saturated heterocycles. The van der Waals surface area contributed by atoms with Gasteiger partial charge in [0.05, 0.1) is 0 Å². The van der Waals surface area contributed by atoms with E-state index in [0.717, 1.165) is 22.5 Å². The molecule has 0 radical (unpaired) electrons. The average Bonchev–Trinajstić information content (AvgIpc) is 2.25. The Morgan fingerprint density at radius 2 is 2.27 bits per heavy atom. The lowest BCUT2D eigenvalue weighted by molar-refractivity contribution is 0.815. The first-order chi connectivity index (χ1) is 7.19. The maximum Gasteiger partial charge on any atom is 0.0430 e. The number of rotatable bonds is 5. The number of anilines is 1. The molecule has 80 valence electrons. The van der Waals surface area contributed by atoms with Crippen LogP contribution in [0.25, 0.3) is 0 Å². The van der Waals surface area contributed by atoms with Crippen molar-refractivity contribution in [3.8, 4) is 0 Å². The van der Waals surface area contributed by atoms with Crippen molar-refractivity contribution >= 4 is 11.9 Å². The smallest absolute Gasteiger partial charge is 0.0430 e. The van der Waals surface area contributed by atoms with Gasteiger partial charge in [0, 0.05) is 36.8 Å². The second-order valence-corrected chi connectivity index (χ2v) is 3.41. The Kier molecular flexibility index (Phi) is 3.92. The summed E-state index contributed by atoms with van der Waals surface area (Å²) in [6.07, 6.45) is 1.38. The molecule has 0 fully saturated rings. The molecule has 0 heterocycles. The van der Waals surface area contributed by atoms with Crippen LogP contribution in [-0.4, -0.2) is 13.3 Å². The zero-order chi connectivity index (χ0) is 11.3. The monoisotopic (exact) mass is 203 g/mol. The molecule has 15 heavy (non-hydrogen) atoms. The Morgan fingerprint density at radius 3 is 2.80 bits per heavy atom. The van der Waals surface area contributed by atoms with Gasteiger partial charge in [-0.15, -0.1) is 0 Å². The maximum atomic E-state index is 7.40. The normalized spacial score (nSPS) is 9.47. The molecule has 0 bridgehead atoms. The number of allylic oxidation sites excluding steroid dienone is 1. The van der Waals surface area contributed by atoms with Crippen LogP contribution in [-0.2, 0) is 6.54 Å². The highest BCUT2D eigenvalue weighted by Gasteiger charge is 2.03. The van der Waals surface area contributed by atoms with Gasteiger partial charge in [0.1, 0.15) is 0 Å². The summed E-state index contributed by atoms with van der Waals surface area (Å²) in [6, 6.07) is 5.95. The summed E-state index contributed by atoms with van der Waals surface area (Å²) in [7, 11) is 1.86. The van der Waals surface area contributed by atoms with E-state index < -0.39 is 0 Å². The van der Waals surface area contributed by atoms with Crippen LogP contribution >= 0.6 is 0 Å². The predicted molar refractivity (Wildman–Crippen MR) is 65.5 cm³/mol. The van der Waals surface area contributed by atoms with Gasteiger partial charge in [-0.05, 0) is 18.6 Å². The Bertz CT molecular complexity index is 369. The SMILES string of the molecule is C=C(C)NCc1cccc(NC)c1C=N. The van der Waals surface area contributed by atoms with Crippen molar-refractivity contribution in [2.75, 3.05) is 12.4 Å². The zero-order valence-electron chi connectivity index (χ0n) is 9.22. The van der Waals surface area contributed by atoms with Crippen LogP contribution in [0.4, 0.5) is 5.69 Å². The van der Waals surface area contributed by atoms with E-state index >= 15 is 0 Å². The van der Waals surface area contributed by atoms with Gasteiger partial charge < -0.3 is 16.0 Å². The van der Waals surface area contributed by atoms with Crippen LogP contribution in [0.3, 0.4) is 0 Å². The van der Waals surface area contributed by atoms with Gasteiger partial charge in [0.25, 0.3) is 0 Å². The molecule has 0 spiro atoms. The first-order valence-electron chi connectivity index (χ1n) is 4.88. The second kappa shape index (κ2) is 5.20. The summed E-state index contributed by atoms with van der Waals surface area (Å²) >= 11 is 0. The molecule has 3 nitrogen and oxygen atoms in total. The van der Waals surface area contributed by atoms with Crippen molar-refractivity contribution in [3.05, 3.63) is 41.6 Å². The fraction of sp³-hybridized carbons (Fsp3) is 0.250. The number of benzene rings is 1. The fourth-order valence-corrected chi connectivity index (χ4v) is 1.40. The third kappa shape index (κ3) is 2.84. The van der Waals surface area contributed by atoms with E-state index in [0.29, 0.717) is 6.54 Å². The summed E-state index contributed by atoms with van der Waals surface area (Å²) in [5, 5.41) is 13.6. The lowest BCUT2D eigenvalue weighted by atomic mass is 10.1. The van der Waals surface area contributed by atoms with Crippen LogP contribution in [0.15, 0.2) is 30.5 Å². The molecular weight excluding hydrogens is 186 g/mol. The van der Waals surface area contributed by atoms with Crippen LogP contribution in [0.5, 0.6) is 0 Å². The minimum absolute atomic E-state index is 0.704. The summed E-state index contributed by atoms with van der Waals surface area (Å²) in [5.74, 6) is 0. The predicted octanol–water partition coefficient (Wildman–Crippen LogP) is 2.35. The standard InChI is InChI=1S/C12H17N3/c1-9(2)15-8-10-5-4-6-12(14-3)11(10)7-13/h4-7,13-15H,1,8H2,2-3H3. The molecule has 1 aromatic carbocycles. The maximum absolute atomic E-state index is 7.40. The minimum atomic E-state index is 0.704. The van der Waals surface area contributed by atoms with E-state index in [4.69, 9.17) is 5.41 Å². The summed E-state index contributed by atoms with van der Waals surface area (Å²) in [5.41, 5.74) is 3.93. The summed E-state index contributed by atoms with van der Waals surface area (Å²) < 4.78 is 0. The third-order valence-corrected chi connectivity index (χ3v) is 2.19. The van der Waals surface area contributed by atoms with E-state index in [1.807, 2.05) is 32.2 Å². The van der Waals surface area contributed by atoms with Crippen molar-refractivity contribution in [2.24, 2.45) is 0 Å². The zero-order valence-corrected chi connectivity index (χ0v) is 9.22. The molecule has 1 aromatic rings. The molecule has 3 N–H and O–H groups in total. The van der Waals surface area contributed by atoms with Crippen molar-refractivity contribution in [1.82, 2.24) is 5.32 Å². The second-order valence-electron chi connectivity index (χ2n) is 3.41. The lowest BCUT2D eigenvalue weighted by Gasteiger charge is -2.12. The van der Waals surface area contributed by atoms with Crippen LogP contribution < -0.4 is 10.6 Å².